The van der Waals surface area contributed by atoms with Gasteiger partial charge in [0.25, 0.3) is 0 Å². The lowest BCUT2D eigenvalue weighted by molar-refractivity contribution is 0.525. The van der Waals surface area contributed by atoms with Gasteiger partial charge in [0.05, 0.1) is 5.69 Å². The molecule has 0 aliphatic carbocycles. The van der Waals surface area contributed by atoms with Crippen molar-refractivity contribution in [2.75, 3.05) is 5.43 Å². The van der Waals surface area contributed by atoms with Crippen LogP contribution in [0.25, 0.3) is 11.3 Å². The maximum atomic E-state index is 5.54. The van der Waals surface area contributed by atoms with Gasteiger partial charge in [-0.25, -0.2) is 15.4 Å². The third kappa shape index (κ3) is 3.63. The first-order valence-electron chi connectivity index (χ1n) is 7.40. The van der Waals surface area contributed by atoms with Crippen LogP contribution in [-0.2, 0) is 0 Å². The van der Waals surface area contributed by atoms with E-state index >= 15 is 0 Å². The Kier molecular flexibility index (Phi) is 4.19. The molecule has 0 spiro atoms. The monoisotopic (exact) mass is 306 g/mol. The predicted octanol–water partition coefficient (Wildman–Crippen LogP) is 4.19. The number of benzene rings is 1. The highest BCUT2D eigenvalue weighted by atomic mass is 16.3. The summed E-state index contributed by atoms with van der Waals surface area (Å²) in [5.41, 5.74) is 6.44. The molecular weight excluding hydrogens is 288 g/mol. The molecule has 0 aliphatic rings. The number of aromatic nitrogens is 2. The lowest BCUT2D eigenvalue weighted by atomic mass is 10.1. The van der Waals surface area contributed by atoms with E-state index in [4.69, 9.17) is 4.42 Å². The highest BCUT2D eigenvalue weighted by Crippen LogP contribution is 2.18. The Labute approximate surface area is 135 Å². The van der Waals surface area contributed by atoms with E-state index in [2.05, 4.69) is 20.5 Å². The average Bonchev–Trinajstić information content (AvgIpc) is 2.99. The number of hydrogen-bond acceptors (Lipinski definition) is 5. The maximum absolute atomic E-state index is 5.54. The van der Waals surface area contributed by atoms with Crippen LogP contribution in [0.15, 0.2) is 58.0 Å². The molecule has 0 bridgehead atoms. The zero-order chi connectivity index (χ0) is 16.2. The molecule has 116 valence electrons. The molecule has 5 heteroatoms. The van der Waals surface area contributed by atoms with Crippen molar-refractivity contribution < 1.29 is 4.42 Å². The van der Waals surface area contributed by atoms with Gasteiger partial charge in [0.1, 0.15) is 17.2 Å². The topological polar surface area (TPSA) is 63.3 Å². The summed E-state index contributed by atoms with van der Waals surface area (Å²) in [5, 5.41) is 4.30. The van der Waals surface area contributed by atoms with Crippen LogP contribution in [0.3, 0.4) is 0 Å². The minimum Gasteiger partial charge on any atom is -0.460 e. The fourth-order valence-corrected chi connectivity index (χ4v) is 2.19. The molecule has 3 aromatic rings. The molecule has 23 heavy (non-hydrogen) atoms. The summed E-state index contributed by atoms with van der Waals surface area (Å²) in [4.78, 5) is 8.89. The third-order valence-electron chi connectivity index (χ3n) is 3.34. The second kappa shape index (κ2) is 6.44. The quantitative estimate of drug-likeness (QED) is 0.580. The Bertz CT molecular complexity index is 837. The van der Waals surface area contributed by atoms with E-state index in [0.717, 1.165) is 34.2 Å². The molecule has 2 aromatic heterocycles. The Morgan fingerprint density at radius 3 is 2.52 bits per heavy atom. The molecule has 0 fully saturated rings. The van der Waals surface area contributed by atoms with Gasteiger partial charge in [0.2, 0.25) is 5.95 Å². The van der Waals surface area contributed by atoms with Gasteiger partial charge in [-0.15, -0.1) is 0 Å². The van der Waals surface area contributed by atoms with Crippen molar-refractivity contribution in [1.29, 1.82) is 0 Å². The van der Waals surface area contributed by atoms with E-state index in [1.54, 1.807) is 0 Å². The van der Waals surface area contributed by atoms with Gasteiger partial charge in [-0.05, 0) is 39.0 Å². The van der Waals surface area contributed by atoms with Crippen LogP contribution in [0.2, 0.25) is 0 Å². The van der Waals surface area contributed by atoms with Gasteiger partial charge >= 0.3 is 0 Å². The van der Waals surface area contributed by atoms with Gasteiger partial charge < -0.3 is 4.42 Å². The van der Waals surface area contributed by atoms with E-state index in [1.807, 2.05) is 69.3 Å². The fraction of sp³-hybridized carbons (Fsp3) is 0.167. The van der Waals surface area contributed by atoms with Crippen molar-refractivity contribution >= 4 is 11.7 Å². The molecule has 0 saturated heterocycles. The second-order valence-electron chi connectivity index (χ2n) is 5.30. The summed E-state index contributed by atoms with van der Waals surface area (Å²) in [5.74, 6) is 2.05. The number of furan rings is 1. The molecule has 0 radical (unpaired) electrons. The third-order valence-corrected chi connectivity index (χ3v) is 3.34. The lowest BCUT2D eigenvalue weighted by Gasteiger charge is -2.06. The summed E-state index contributed by atoms with van der Waals surface area (Å²) in [6.07, 6.45) is 0. The number of anilines is 1. The summed E-state index contributed by atoms with van der Waals surface area (Å²) in [6.45, 7) is 5.71. The summed E-state index contributed by atoms with van der Waals surface area (Å²) in [7, 11) is 0. The molecule has 5 nitrogen and oxygen atoms in total. The molecule has 0 saturated carbocycles. The van der Waals surface area contributed by atoms with Gasteiger partial charge in [0.15, 0.2) is 0 Å². The number of aryl methyl sites for hydroxylation is 2. The van der Waals surface area contributed by atoms with E-state index in [9.17, 15) is 0 Å². The molecule has 1 aromatic carbocycles. The zero-order valence-electron chi connectivity index (χ0n) is 13.4. The first-order chi connectivity index (χ1) is 11.1. The Balaban J connectivity index is 1.85. The largest absolute Gasteiger partial charge is 0.460 e. The first kappa shape index (κ1) is 15.0. The molecule has 0 atom stereocenters. The van der Waals surface area contributed by atoms with Crippen molar-refractivity contribution in [2.24, 2.45) is 5.10 Å². The highest BCUT2D eigenvalue weighted by Gasteiger charge is 2.06. The first-order valence-corrected chi connectivity index (χ1v) is 7.40. The van der Waals surface area contributed by atoms with E-state index < -0.39 is 0 Å². The van der Waals surface area contributed by atoms with Crippen LogP contribution in [0.4, 0.5) is 5.95 Å². The van der Waals surface area contributed by atoms with E-state index in [0.29, 0.717) is 5.95 Å². The van der Waals surface area contributed by atoms with Crippen molar-refractivity contribution in [3.05, 3.63) is 65.7 Å². The molecule has 3 rings (SSSR count). The Morgan fingerprint density at radius 2 is 1.83 bits per heavy atom. The number of rotatable bonds is 4. The van der Waals surface area contributed by atoms with Gasteiger partial charge in [-0.3, -0.25) is 0 Å². The summed E-state index contributed by atoms with van der Waals surface area (Å²) < 4.78 is 5.54. The normalized spacial score (nSPS) is 11.5. The molecule has 2 heterocycles. The van der Waals surface area contributed by atoms with Crippen molar-refractivity contribution in [1.82, 2.24) is 9.97 Å². The number of nitrogens with zero attached hydrogens (tertiary/aromatic N) is 3. The van der Waals surface area contributed by atoms with Crippen molar-refractivity contribution in [3.63, 3.8) is 0 Å². The van der Waals surface area contributed by atoms with Gasteiger partial charge in [0, 0.05) is 11.3 Å². The minimum absolute atomic E-state index is 0.464. The highest BCUT2D eigenvalue weighted by molar-refractivity contribution is 5.96. The van der Waals surface area contributed by atoms with Crippen LogP contribution in [0.5, 0.6) is 0 Å². The van der Waals surface area contributed by atoms with E-state index in [1.165, 1.54) is 0 Å². The summed E-state index contributed by atoms with van der Waals surface area (Å²) >= 11 is 0. The molecule has 0 unspecified atom stereocenters. The maximum Gasteiger partial charge on any atom is 0.244 e. The van der Waals surface area contributed by atoms with Crippen LogP contribution in [0.1, 0.15) is 24.1 Å². The predicted molar refractivity (Wildman–Crippen MR) is 91.5 cm³/mol. The number of hydrogen-bond donors (Lipinski definition) is 1. The number of nitrogens with one attached hydrogen (secondary N) is 1. The van der Waals surface area contributed by atoms with Gasteiger partial charge in [-0.1, -0.05) is 30.3 Å². The molecule has 1 N–H and O–H groups in total. The Morgan fingerprint density at radius 1 is 1.04 bits per heavy atom. The van der Waals surface area contributed by atoms with Gasteiger partial charge in [-0.2, -0.15) is 5.10 Å². The van der Waals surface area contributed by atoms with Crippen molar-refractivity contribution in [3.8, 4) is 11.3 Å². The van der Waals surface area contributed by atoms with E-state index in [-0.39, 0.29) is 0 Å². The van der Waals surface area contributed by atoms with Crippen LogP contribution >= 0.6 is 0 Å². The minimum atomic E-state index is 0.464. The van der Waals surface area contributed by atoms with Crippen molar-refractivity contribution in [2.45, 2.75) is 20.8 Å². The van der Waals surface area contributed by atoms with Crippen LogP contribution in [-0.4, -0.2) is 15.7 Å². The van der Waals surface area contributed by atoms with Crippen LogP contribution < -0.4 is 5.43 Å². The fourth-order valence-electron chi connectivity index (χ4n) is 2.19. The average molecular weight is 306 g/mol. The zero-order valence-corrected chi connectivity index (χ0v) is 13.4. The van der Waals surface area contributed by atoms with Crippen LogP contribution in [0, 0.1) is 13.8 Å². The molecular formula is C18H18N4O. The standard InChI is InChI=1S/C18H18N4O/c1-12-11-16(15-7-5-4-6-8-15)20-18(19-12)22-21-14(3)17-10-9-13(2)23-17/h4-11H,1-3H3,(H,19,20,22)/b21-14-. The molecule has 0 amide bonds. The second-order valence-corrected chi connectivity index (χ2v) is 5.30. The smallest absolute Gasteiger partial charge is 0.244 e. The summed E-state index contributed by atoms with van der Waals surface area (Å²) in [6, 6.07) is 15.7. The molecule has 0 aliphatic heterocycles. The number of hydrazone groups is 1. The lowest BCUT2D eigenvalue weighted by Crippen LogP contribution is -2.03. The SMILES string of the molecule is C/C(=N/Nc1nc(C)cc(-c2ccccc2)n1)c1ccc(C)o1. The Hall–Kier alpha value is -2.95.